The molecule has 24 heavy (non-hydrogen) atoms. The highest BCUT2D eigenvalue weighted by molar-refractivity contribution is 5.49. The molecule has 0 amide bonds. The zero-order chi connectivity index (χ0) is 16.2. The zero-order valence-corrected chi connectivity index (χ0v) is 13.8. The van der Waals surface area contributed by atoms with Gasteiger partial charge in [0.1, 0.15) is 24.0 Å². The fourth-order valence-electron chi connectivity index (χ4n) is 3.52. The van der Waals surface area contributed by atoms with E-state index < -0.39 is 0 Å². The van der Waals surface area contributed by atoms with Crippen molar-refractivity contribution in [1.82, 2.24) is 20.3 Å². The quantitative estimate of drug-likeness (QED) is 0.925. The molecule has 2 aliphatic heterocycles. The van der Waals surface area contributed by atoms with Crippen molar-refractivity contribution in [3.8, 4) is 5.75 Å². The van der Waals surface area contributed by atoms with Gasteiger partial charge in [0.15, 0.2) is 0 Å². The normalized spacial score (nSPS) is 18.8. The van der Waals surface area contributed by atoms with E-state index in [0.717, 1.165) is 63.4 Å². The lowest BCUT2D eigenvalue weighted by atomic mass is 10.0. The van der Waals surface area contributed by atoms with E-state index >= 15 is 0 Å². The molecule has 0 bridgehead atoms. The van der Waals surface area contributed by atoms with Gasteiger partial charge in [-0.3, -0.25) is 4.98 Å². The molecular weight excluding hydrogens is 302 g/mol. The van der Waals surface area contributed by atoms with E-state index in [-0.39, 0.29) is 6.10 Å². The van der Waals surface area contributed by atoms with Crippen LogP contribution in [0.15, 0.2) is 30.9 Å². The minimum Gasteiger partial charge on any atom is -0.489 e. The third-order valence-electron chi connectivity index (χ3n) is 4.78. The van der Waals surface area contributed by atoms with Crippen molar-refractivity contribution in [3.05, 3.63) is 42.1 Å². The van der Waals surface area contributed by atoms with Crippen LogP contribution in [0.5, 0.6) is 5.75 Å². The van der Waals surface area contributed by atoms with Crippen LogP contribution in [0, 0.1) is 0 Å². The van der Waals surface area contributed by atoms with Gasteiger partial charge in [-0.05, 0) is 25.1 Å². The van der Waals surface area contributed by atoms with E-state index in [1.807, 2.05) is 12.1 Å². The van der Waals surface area contributed by atoms with Crippen LogP contribution in [-0.2, 0) is 12.8 Å². The second kappa shape index (κ2) is 7.13. The number of ether oxygens (including phenoxy) is 1. The first-order valence-electron chi connectivity index (χ1n) is 8.75. The average molecular weight is 325 g/mol. The number of anilines is 1. The number of pyridine rings is 1. The molecule has 2 aromatic heterocycles. The van der Waals surface area contributed by atoms with Crippen molar-refractivity contribution in [2.75, 3.05) is 31.1 Å². The minimum absolute atomic E-state index is 0.257. The highest BCUT2D eigenvalue weighted by Crippen LogP contribution is 2.26. The number of nitrogens with one attached hydrogen (secondary N) is 1. The number of nitrogens with zero attached hydrogens (tertiary/aromatic N) is 4. The van der Waals surface area contributed by atoms with Crippen molar-refractivity contribution >= 4 is 5.82 Å². The number of fused-ring (bicyclic) bond motifs is 1. The number of aromatic nitrogens is 3. The second-order valence-corrected chi connectivity index (χ2v) is 6.37. The molecule has 1 fully saturated rings. The fraction of sp³-hybridized carbons (Fsp3) is 0.500. The SMILES string of the molecule is c1cncc(OC2CCN(c3ncnc4c3CCNCC4)CC2)c1. The molecule has 126 valence electrons. The molecule has 2 aromatic rings. The van der Waals surface area contributed by atoms with E-state index in [1.165, 1.54) is 11.3 Å². The van der Waals surface area contributed by atoms with E-state index in [9.17, 15) is 0 Å². The fourth-order valence-corrected chi connectivity index (χ4v) is 3.52. The van der Waals surface area contributed by atoms with Gasteiger partial charge >= 0.3 is 0 Å². The van der Waals surface area contributed by atoms with Gasteiger partial charge in [0.25, 0.3) is 0 Å². The topological polar surface area (TPSA) is 63.2 Å². The molecule has 4 heterocycles. The summed E-state index contributed by atoms with van der Waals surface area (Å²) in [6, 6.07) is 3.88. The van der Waals surface area contributed by atoms with Crippen LogP contribution in [0.2, 0.25) is 0 Å². The number of hydrogen-bond acceptors (Lipinski definition) is 6. The number of piperidine rings is 1. The predicted octanol–water partition coefficient (Wildman–Crippen LogP) is 1.61. The van der Waals surface area contributed by atoms with Gasteiger partial charge in [0.05, 0.1) is 11.9 Å². The molecule has 1 saturated heterocycles. The lowest BCUT2D eigenvalue weighted by Gasteiger charge is -2.34. The third-order valence-corrected chi connectivity index (χ3v) is 4.78. The molecule has 0 spiro atoms. The molecule has 0 aromatic carbocycles. The summed E-state index contributed by atoms with van der Waals surface area (Å²) in [5, 5.41) is 3.45. The van der Waals surface area contributed by atoms with Crippen LogP contribution in [0.25, 0.3) is 0 Å². The Morgan fingerprint density at radius 1 is 1.12 bits per heavy atom. The smallest absolute Gasteiger partial charge is 0.137 e. The molecule has 1 N–H and O–H groups in total. The first kappa shape index (κ1) is 15.3. The maximum atomic E-state index is 6.04. The summed E-state index contributed by atoms with van der Waals surface area (Å²) in [6.07, 6.45) is 9.54. The van der Waals surface area contributed by atoms with Crippen molar-refractivity contribution < 1.29 is 4.74 Å². The lowest BCUT2D eigenvalue weighted by molar-refractivity contribution is 0.170. The largest absolute Gasteiger partial charge is 0.489 e. The Morgan fingerprint density at radius 3 is 2.83 bits per heavy atom. The molecule has 0 aliphatic carbocycles. The molecular formula is C18H23N5O. The first-order chi connectivity index (χ1) is 11.9. The molecule has 2 aliphatic rings. The van der Waals surface area contributed by atoms with E-state index in [2.05, 4.69) is 25.2 Å². The number of rotatable bonds is 3. The predicted molar refractivity (Wildman–Crippen MR) is 92.4 cm³/mol. The van der Waals surface area contributed by atoms with Crippen LogP contribution < -0.4 is 15.0 Å². The Morgan fingerprint density at radius 2 is 2.00 bits per heavy atom. The molecule has 6 nitrogen and oxygen atoms in total. The molecule has 0 saturated carbocycles. The lowest BCUT2D eigenvalue weighted by Crippen LogP contribution is -2.39. The van der Waals surface area contributed by atoms with Crippen LogP contribution >= 0.6 is 0 Å². The Bertz CT molecular complexity index is 670. The summed E-state index contributed by atoms with van der Waals surface area (Å²) >= 11 is 0. The summed E-state index contributed by atoms with van der Waals surface area (Å²) < 4.78 is 6.04. The average Bonchev–Trinajstić information content (AvgIpc) is 2.89. The Labute approximate surface area is 142 Å². The van der Waals surface area contributed by atoms with Crippen molar-refractivity contribution in [2.45, 2.75) is 31.8 Å². The first-order valence-corrected chi connectivity index (χ1v) is 8.75. The van der Waals surface area contributed by atoms with Crippen molar-refractivity contribution in [3.63, 3.8) is 0 Å². The van der Waals surface area contributed by atoms with Gasteiger partial charge in [-0.25, -0.2) is 9.97 Å². The summed E-state index contributed by atoms with van der Waals surface area (Å²) in [7, 11) is 0. The van der Waals surface area contributed by atoms with Gasteiger partial charge in [-0.2, -0.15) is 0 Å². The van der Waals surface area contributed by atoms with Crippen LogP contribution in [-0.4, -0.2) is 47.2 Å². The second-order valence-electron chi connectivity index (χ2n) is 6.37. The maximum Gasteiger partial charge on any atom is 0.137 e. The van der Waals surface area contributed by atoms with Crippen LogP contribution in [0.4, 0.5) is 5.82 Å². The van der Waals surface area contributed by atoms with E-state index in [0.29, 0.717) is 0 Å². The standard InChI is InChI=1S/C18H23N5O/c1-2-15(12-20-7-1)24-14-5-10-23(11-6-14)18-16-3-8-19-9-4-17(16)21-13-22-18/h1-2,7,12-14,19H,3-6,8-11H2. The molecule has 6 heteroatoms. The summed E-state index contributed by atoms with van der Waals surface area (Å²) in [5.74, 6) is 1.99. The van der Waals surface area contributed by atoms with Crippen molar-refractivity contribution in [1.29, 1.82) is 0 Å². The van der Waals surface area contributed by atoms with E-state index in [1.54, 1.807) is 18.7 Å². The molecule has 0 atom stereocenters. The summed E-state index contributed by atoms with van der Waals surface area (Å²) in [6.45, 7) is 3.96. The molecule has 0 unspecified atom stereocenters. The van der Waals surface area contributed by atoms with Crippen LogP contribution in [0.1, 0.15) is 24.1 Å². The zero-order valence-electron chi connectivity index (χ0n) is 13.8. The van der Waals surface area contributed by atoms with Crippen molar-refractivity contribution in [2.24, 2.45) is 0 Å². The summed E-state index contributed by atoms with van der Waals surface area (Å²) in [5.41, 5.74) is 2.54. The molecule has 4 rings (SSSR count). The van der Waals surface area contributed by atoms with Gasteiger partial charge in [-0.1, -0.05) is 0 Å². The molecule has 0 radical (unpaired) electrons. The van der Waals surface area contributed by atoms with Gasteiger partial charge in [0, 0.05) is 50.7 Å². The van der Waals surface area contributed by atoms with E-state index in [4.69, 9.17) is 4.74 Å². The van der Waals surface area contributed by atoms with Gasteiger partial charge in [-0.15, -0.1) is 0 Å². The Kier molecular flexibility index (Phi) is 4.55. The Hall–Kier alpha value is -2.21. The third kappa shape index (κ3) is 3.33. The van der Waals surface area contributed by atoms with Gasteiger partial charge < -0.3 is 15.0 Å². The monoisotopic (exact) mass is 325 g/mol. The maximum absolute atomic E-state index is 6.04. The number of hydrogen-bond donors (Lipinski definition) is 1. The van der Waals surface area contributed by atoms with Crippen LogP contribution in [0.3, 0.4) is 0 Å². The highest BCUT2D eigenvalue weighted by atomic mass is 16.5. The summed E-state index contributed by atoms with van der Waals surface area (Å²) in [4.78, 5) is 15.6. The Balaban J connectivity index is 1.43. The minimum atomic E-state index is 0.257. The highest BCUT2D eigenvalue weighted by Gasteiger charge is 2.25. The van der Waals surface area contributed by atoms with Gasteiger partial charge in [0.2, 0.25) is 0 Å².